The quantitative estimate of drug-likeness (QED) is 0.331. The summed E-state index contributed by atoms with van der Waals surface area (Å²) >= 11 is 0. The first-order chi connectivity index (χ1) is 21.6. The van der Waals surface area contributed by atoms with Crippen LogP contribution in [0.5, 0.6) is 5.75 Å². The van der Waals surface area contributed by atoms with Crippen molar-refractivity contribution in [3.63, 3.8) is 0 Å². The summed E-state index contributed by atoms with van der Waals surface area (Å²) in [5.74, 6) is -1.83. The zero-order valence-corrected chi connectivity index (χ0v) is 26.7. The van der Waals surface area contributed by atoms with Gasteiger partial charge >= 0.3 is 0 Å². The minimum Gasteiger partial charge on any atom is -0.497 e. The van der Waals surface area contributed by atoms with Crippen molar-refractivity contribution < 1.29 is 29.0 Å². The van der Waals surface area contributed by atoms with Crippen molar-refractivity contribution in [2.24, 2.45) is 17.8 Å². The molecule has 2 aromatic carbocycles. The van der Waals surface area contributed by atoms with Gasteiger partial charge in [-0.15, -0.1) is 13.2 Å². The molecule has 6 atom stereocenters. The van der Waals surface area contributed by atoms with Gasteiger partial charge in [-0.1, -0.05) is 44.2 Å². The molecule has 3 amide bonds. The summed E-state index contributed by atoms with van der Waals surface area (Å²) < 4.78 is 12.2. The topological polar surface area (TPSA) is 99.6 Å². The Morgan fingerprint density at radius 2 is 1.62 bits per heavy atom. The molecule has 1 N–H and O–H groups in total. The van der Waals surface area contributed by atoms with Gasteiger partial charge in [0.25, 0.3) is 5.91 Å². The van der Waals surface area contributed by atoms with Crippen molar-refractivity contribution in [2.75, 3.05) is 36.6 Å². The number of ether oxygens (including phenoxy) is 2. The van der Waals surface area contributed by atoms with Crippen LogP contribution in [0.2, 0.25) is 0 Å². The molecule has 0 aliphatic carbocycles. The fourth-order valence-corrected chi connectivity index (χ4v) is 7.82. The summed E-state index contributed by atoms with van der Waals surface area (Å²) in [5, 5.41) is 10.7. The summed E-state index contributed by atoms with van der Waals surface area (Å²) in [4.78, 5) is 49.1. The third-order valence-electron chi connectivity index (χ3n) is 9.67. The predicted octanol–water partition coefficient (Wildman–Crippen LogP) is 4.61. The van der Waals surface area contributed by atoms with Crippen LogP contribution in [0.3, 0.4) is 0 Å². The van der Waals surface area contributed by atoms with E-state index in [1.165, 1.54) is 0 Å². The number of fused-ring (bicyclic) bond motifs is 1. The standard InChI is InChI=1S/C36H45N3O6/c1-7-20-37(25-12-10-9-11-13-25)32(41)29-30-33(42)39(27(23-40)22-24(3)4)31(36(30)19-18-35(29,5)45-36)34(43)38(21-8-2)26-14-16-28(44-6)17-15-26/h7-17,24,27,29-31,40H,1-2,18-23H2,3-6H3/t27-,29-,30+,31?,35+,36?/m1/s1. The number of carbonyl (C=O) groups excluding carboxylic acids is 3. The molecule has 3 aliphatic heterocycles. The number of aliphatic hydroxyl groups is 1. The Kier molecular flexibility index (Phi) is 9.23. The highest BCUT2D eigenvalue weighted by Gasteiger charge is 2.79. The molecule has 0 aromatic heterocycles. The van der Waals surface area contributed by atoms with Crippen LogP contribution in [-0.4, -0.2) is 77.8 Å². The van der Waals surface area contributed by atoms with Crippen molar-refractivity contribution in [1.29, 1.82) is 0 Å². The number of methoxy groups -OCH3 is 1. The number of hydrogen-bond acceptors (Lipinski definition) is 6. The second-order valence-electron chi connectivity index (χ2n) is 12.9. The minimum absolute atomic E-state index is 0.142. The Labute approximate surface area is 266 Å². The smallest absolute Gasteiger partial charge is 0.253 e. The lowest BCUT2D eigenvalue weighted by molar-refractivity contribution is -0.148. The molecule has 3 aliphatic rings. The second-order valence-corrected chi connectivity index (χ2v) is 12.9. The normalized spacial score (nSPS) is 27.3. The highest BCUT2D eigenvalue weighted by Crippen LogP contribution is 2.64. The van der Waals surface area contributed by atoms with Gasteiger partial charge in [0, 0.05) is 24.5 Å². The number of aliphatic hydroxyl groups excluding tert-OH is 1. The second kappa shape index (κ2) is 12.8. The van der Waals surface area contributed by atoms with E-state index in [0.717, 1.165) is 0 Å². The number of benzene rings is 2. The van der Waals surface area contributed by atoms with E-state index in [4.69, 9.17) is 9.47 Å². The van der Waals surface area contributed by atoms with E-state index in [0.29, 0.717) is 36.4 Å². The van der Waals surface area contributed by atoms with E-state index in [9.17, 15) is 19.5 Å². The molecule has 45 heavy (non-hydrogen) atoms. The molecule has 2 unspecified atom stereocenters. The maximum Gasteiger partial charge on any atom is 0.253 e. The lowest BCUT2D eigenvalue weighted by atomic mass is 9.66. The summed E-state index contributed by atoms with van der Waals surface area (Å²) in [6, 6.07) is 14.8. The first-order valence-corrected chi connectivity index (χ1v) is 15.7. The lowest BCUT2D eigenvalue weighted by Crippen LogP contribution is -2.59. The highest BCUT2D eigenvalue weighted by molar-refractivity contribution is 6.07. The third kappa shape index (κ3) is 5.46. The van der Waals surface area contributed by atoms with Gasteiger partial charge in [0.05, 0.1) is 37.2 Å². The monoisotopic (exact) mass is 615 g/mol. The molecule has 2 aromatic rings. The fourth-order valence-electron chi connectivity index (χ4n) is 7.82. The molecule has 3 saturated heterocycles. The zero-order valence-electron chi connectivity index (χ0n) is 26.7. The van der Waals surface area contributed by atoms with E-state index in [2.05, 4.69) is 13.2 Å². The zero-order chi connectivity index (χ0) is 32.5. The number of amides is 3. The van der Waals surface area contributed by atoms with Crippen molar-refractivity contribution in [2.45, 2.75) is 63.3 Å². The molecule has 0 saturated carbocycles. The van der Waals surface area contributed by atoms with Gasteiger partial charge in [-0.25, -0.2) is 0 Å². The summed E-state index contributed by atoms with van der Waals surface area (Å²) in [6.45, 7) is 13.8. The molecule has 3 fully saturated rings. The molecule has 240 valence electrons. The van der Waals surface area contributed by atoms with E-state index < -0.39 is 35.1 Å². The van der Waals surface area contributed by atoms with Crippen LogP contribution in [-0.2, 0) is 19.1 Å². The number of likely N-dealkylation sites (tertiary alicyclic amines) is 1. The first-order valence-electron chi connectivity index (χ1n) is 15.7. The van der Waals surface area contributed by atoms with Gasteiger partial charge < -0.3 is 29.3 Å². The Morgan fingerprint density at radius 1 is 1.02 bits per heavy atom. The molecule has 9 heteroatoms. The number of hydrogen-bond donors (Lipinski definition) is 1. The van der Waals surface area contributed by atoms with Crippen LogP contribution in [0.4, 0.5) is 11.4 Å². The van der Waals surface area contributed by atoms with Gasteiger partial charge in [-0.3, -0.25) is 14.4 Å². The third-order valence-corrected chi connectivity index (χ3v) is 9.67. The molecule has 2 bridgehead atoms. The fraction of sp³-hybridized carbons (Fsp3) is 0.472. The maximum absolute atomic E-state index is 14.9. The Bertz CT molecular complexity index is 1430. The van der Waals surface area contributed by atoms with E-state index in [-0.39, 0.29) is 43.3 Å². The molecule has 9 nitrogen and oxygen atoms in total. The number of anilines is 2. The van der Waals surface area contributed by atoms with Crippen LogP contribution in [0.15, 0.2) is 79.9 Å². The summed E-state index contributed by atoms with van der Waals surface area (Å²) in [6.07, 6.45) is 4.75. The predicted molar refractivity (Wildman–Crippen MR) is 174 cm³/mol. The number of rotatable bonds is 13. The lowest BCUT2D eigenvalue weighted by Gasteiger charge is -2.40. The van der Waals surface area contributed by atoms with Crippen LogP contribution < -0.4 is 14.5 Å². The Balaban J connectivity index is 1.63. The first kappa shape index (κ1) is 32.4. The van der Waals surface area contributed by atoms with Crippen molar-refractivity contribution in [3.05, 3.63) is 79.9 Å². The van der Waals surface area contributed by atoms with Gasteiger partial charge in [0.1, 0.15) is 17.4 Å². The molecular weight excluding hydrogens is 570 g/mol. The molecule has 3 heterocycles. The van der Waals surface area contributed by atoms with Gasteiger partial charge in [0.2, 0.25) is 11.8 Å². The van der Waals surface area contributed by atoms with Crippen molar-refractivity contribution in [1.82, 2.24) is 4.90 Å². The summed E-state index contributed by atoms with van der Waals surface area (Å²) in [5.41, 5.74) is -0.880. The average Bonchev–Trinajstić information content (AvgIpc) is 3.61. The van der Waals surface area contributed by atoms with Gasteiger partial charge in [-0.2, -0.15) is 0 Å². The van der Waals surface area contributed by atoms with Crippen molar-refractivity contribution >= 4 is 29.1 Å². The highest BCUT2D eigenvalue weighted by atomic mass is 16.5. The Morgan fingerprint density at radius 3 is 2.18 bits per heavy atom. The SMILES string of the molecule is C=CCN(C(=O)C1N([C@@H](CO)CC(C)C)C(=O)[C@@H]2[C@H](C(=O)N(CC=C)c3ccccc3)[C@]3(C)CCC12O3)c1ccc(OC)cc1. The minimum atomic E-state index is -1.24. The van der Waals surface area contributed by atoms with Gasteiger partial charge in [-0.05, 0) is 68.5 Å². The van der Waals surface area contributed by atoms with Crippen LogP contribution in [0.25, 0.3) is 0 Å². The van der Waals surface area contributed by atoms with Crippen LogP contribution >= 0.6 is 0 Å². The van der Waals surface area contributed by atoms with E-state index in [1.54, 1.807) is 58.2 Å². The van der Waals surface area contributed by atoms with Crippen LogP contribution in [0.1, 0.15) is 40.0 Å². The van der Waals surface area contributed by atoms with E-state index >= 15 is 0 Å². The number of carbonyl (C=O) groups is 3. The van der Waals surface area contributed by atoms with E-state index in [1.807, 2.05) is 51.1 Å². The molecule has 1 spiro atoms. The maximum atomic E-state index is 14.9. The Hall–Kier alpha value is -3.95. The molecular formula is C36H45N3O6. The average molecular weight is 616 g/mol. The largest absolute Gasteiger partial charge is 0.497 e. The number of para-hydroxylation sites is 1. The van der Waals surface area contributed by atoms with Crippen LogP contribution in [0, 0.1) is 17.8 Å². The summed E-state index contributed by atoms with van der Waals surface area (Å²) in [7, 11) is 1.58. The number of nitrogens with zero attached hydrogens (tertiary/aromatic N) is 3. The van der Waals surface area contributed by atoms with Crippen molar-refractivity contribution in [3.8, 4) is 5.75 Å². The molecule has 0 radical (unpaired) electrons. The van der Waals surface area contributed by atoms with Gasteiger partial charge in [0.15, 0.2) is 0 Å². The molecule has 5 rings (SSSR count).